The van der Waals surface area contributed by atoms with Crippen LogP contribution in [0.15, 0.2) is 42.5 Å². The molecule has 0 N–H and O–H groups in total. The minimum Gasteiger partial charge on any atom is -0.497 e. The molecule has 3 heteroatoms. The van der Waals surface area contributed by atoms with Crippen LogP contribution in [0.2, 0.25) is 0 Å². The predicted molar refractivity (Wildman–Crippen MR) is 81.2 cm³/mol. The average molecular weight is 282 g/mol. The van der Waals surface area contributed by atoms with Crippen LogP contribution in [0.25, 0.3) is 0 Å². The normalized spacial score (nSPS) is 13.8. The molecule has 0 saturated heterocycles. The SMILES string of the molecule is COc1cc(OC)cc(C(=O)C2Cc3ccccc3C2)c1. The Morgan fingerprint density at radius 1 is 0.952 bits per heavy atom. The van der Waals surface area contributed by atoms with Gasteiger partial charge in [-0.25, -0.2) is 0 Å². The molecule has 0 saturated carbocycles. The first-order valence-corrected chi connectivity index (χ1v) is 7.05. The Labute approximate surface area is 124 Å². The number of hydrogen-bond donors (Lipinski definition) is 0. The number of ether oxygens (including phenoxy) is 2. The molecule has 0 aromatic heterocycles. The summed E-state index contributed by atoms with van der Waals surface area (Å²) in [4.78, 5) is 12.7. The number of Topliss-reactive ketones (excluding diaryl/α,β-unsaturated/α-hetero) is 1. The van der Waals surface area contributed by atoms with E-state index in [1.165, 1.54) is 11.1 Å². The van der Waals surface area contributed by atoms with Crippen molar-refractivity contribution in [3.8, 4) is 11.5 Å². The summed E-state index contributed by atoms with van der Waals surface area (Å²) in [7, 11) is 3.18. The molecule has 0 unspecified atom stereocenters. The van der Waals surface area contributed by atoms with Crippen LogP contribution < -0.4 is 9.47 Å². The number of rotatable bonds is 4. The van der Waals surface area contributed by atoms with Crippen LogP contribution in [-0.2, 0) is 12.8 Å². The molecule has 0 spiro atoms. The van der Waals surface area contributed by atoms with E-state index in [1.54, 1.807) is 32.4 Å². The number of methoxy groups -OCH3 is 2. The van der Waals surface area contributed by atoms with E-state index in [0.29, 0.717) is 17.1 Å². The van der Waals surface area contributed by atoms with Gasteiger partial charge < -0.3 is 9.47 Å². The van der Waals surface area contributed by atoms with Gasteiger partial charge in [0.1, 0.15) is 11.5 Å². The third-order valence-electron chi connectivity index (χ3n) is 4.06. The molecule has 3 rings (SSSR count). The zero-order valence-electron chi connectivity index (χ0n) is 12.3. The van der Waals surface area contributed by atoms with Gasteiger partial charge in [0.05, 0.1) is 14.2 Å². The summed E-state index contributed by atoms with van der Waals surface area (Å²) in [6.07, 6.45) is 1.63. The highest BCUT2D eigenvalue weighted by Gasteiger charge is 2.28. The lowest BCUT2D eigenvalue weighted by Crippen LogP contribution is -2.15. The molecule has 1 aliphatic carbocycles. The second-order valence-electron chi connectivity index (χ2n) is 5.34. The van der Waals surface area contributed by atoms with E-state index in [0.717, 1.165) is 12.8 Å². The number of fused-ring (bicyclic) bond motifs is 1. The van der Waals surface area contributed by atoms with Crippen LogP contribution in [-0.4, -0.2) is 20.0 Å². The van der Waals surface area contributed by atoms with Crippen molar-refractivity contribution in [1.29, 1.82) is 0 Å². The standard InChI is InChI=1S/C18H18O3/c1-20-16-9-15(10-17(11-16)21-2)18(19)14-7-12-5-3-4-6-13(12)8-14/h3-6,9-11,14H,7-8H2,1-2H3. The lowest BCUT2D eigenvalue weighted by atomic mass is 9.94. The van der Waals surface area contributed by atoms with Crippen molar-refractivity contribution < 1.29 is 14.3 Å². The van der Waals surface area contributed by atoms with Crippen molar-refractivity contribution >= 4 is 5.78 Å². The van der Waals surface area contributed by atoms with Crippen molar-refractivity contribution in [3.05, 3.63) is 59.2 Å². The number of carbonyl (C=O) groups excluding carboxylic acids is 1. The minimum atomic E-state index is 0.0132. The summed E-state index contributed by atoms with van der Waals surface area (Å²) in [6.45, 7) is 0. The van der Waals surface area contributed by atoms with Crippen molar-refractivity contribution in [1.82, 2.24) is 0 Å². The largest absolute Gasteiger partial charge is 0.497 e. The van der Waals surface area contributed by atoms with Crippen molar-refractivity contribution in [2.45, 2.75) is 12.8 Å². The molecule has 3 nitrogen and oxygen atoms in total. The first kappa shape index (κ1) is 13.7. The molecule has 108 valence electrons. The van der Waals surface area contributed by atoms with Crippen molar-refractivity contribution in [2.24, 2.45) is 5.92 Å². The van der Waals surface area contributed by atoms with Crippen LogP contribution in [0.5, 0.6) is 11.5 Å². The van der Waals surface area contributed by atoms with Crippen LogP contribution >= 0.6 is 0 Å². The number of ketones is 1. The monoisotopic (exact) mass is 282 g/mol. The number of hydrogen-bond acceptors (Lipinski definition) is 3. The van der Waals surface area contributed by atoms with Crippen molar-refractivity contribution in [3.63, 3.8) is 0 Å². The van der Waals surface area contributed by atoms with Gasteiger partial charge in [-0.05, 0) is 36.1 Å². The summed E-state index contributed by atoms with van der Waals surface area (Å²) in [6, 6.07) is 13.6. The Balaban J connectivity index is 1.87. The quantitative estimate of drug-likeness (QED) is 0.807. The fourth-order valence-corrected chi connectivity index (χ4v) is 2.93. The van der Waals surface area contributed by atoms with Gasteiger partial charge in [-0.1, -0.05) is 24.3 Å². The Bertz CT molecular complexity index is 629. The molecule has 0 fully saturated rings. The number of benzene rings is 2. The zero-order chi connectivity index (χ0) is 14.8. The van der Waals surface area contributed by atoms with Gasteiger partial charge in [0, 0.05) is 17.5 Å². The van der Waals surface area contributed by atoms with Gasteiger partial charge in [-0.3, -0.25) is 4.79 Å². The van der Waals surface area contributed by atoms with Gasteiger partial charge in [-0.15, -0.1) is 0 Å². The van der Waals surface area contributed by atoms with E-state index < -0.39 is 0 Å². The minimum absolute atomic E-state index is 0.0132. The maximum Gasteiger partial charge on any atom is 0.166 e. The molecule has 2 aromatic carbocycles. The van der Waals surface area contributed by atoms with Crippen molar-refractivity contribution in [2.75, 3.05) is 14.2 Å². The molecule has 2 aromatic rings. The smallest absolute Gasteiger partial charge is 0.166 e. The Hall–Kier alpha value is -2.29. The highest BCUT2D eigenvalue weighted by Crippen LogP contribution is 2.31. The van der Waals surface area contributed by atoms with E-state index >= 15 is 0 Å². The Morgan fingerprint density at radius 2 is 1.48 bits per heavy atom. The maximum atomic E-state index is 12.7. The van der Waals surface area contributed by atoms with Crippen LogP contribution in [0.4, 0.5) is 0 Å². The summed E-state index contributed by atoms with van der Waals surface area (Å²) in [5.74, 6) is 1.46. The van der Waals surface area contributed by atoms with E-state index in [4.69, 9.17) is 9.47 Å². The topological polar surface area (TPSA) is 35.5 Å². The summed E-state index contributed by atoms with van der Waals surface area (Å²) >= 11 is 0. The van der Waals surface area contributed by atoms with Crippen LogP contribution in [0, 0.1) is 5.92 Å². The molecule has 0 heterocycles. The molecule has 0 aliphatic heterocycles. The first-order chi connectivity index (χ1) is 10.2. The van der Waals surface area contributed by atoms with Gasteiger partial charge in [0.25, 0.3) is 0 Å². The molecule has 0 bridgehead atoms. The third-order valence-corrected chi connectivity index (χ3v) is 4.06. The molecule has 0 atom stereocenters. The van der Waals surface area contributed by atoms with E-state index in [9.17, 15) is 4.79 Å². The highest BCUT2D eigenvalue weighted by atomic mass is 16.5. The second-order valence-corrected chi connectivity index (χ2v) is 5.34. The molecule has 21 heavy (non-hydrogen) atoms. The molecule has 0 amide bonds. The average Bonchev–Trinajstić information content (AvgIpc) is 2.97. The fourth-order valence-electron chi connectivity index (χ4n) is 2.93. The summed E-state index contributed by atoms with van der Waals surface area (Å²) in [5, 5.41) is 0. The maximum absolute atomic E-state index is 12.7. The molecule has 0 radical (unpaired) electrons. The molecular weight excluding hydrogens is 264 g/mol. The fraction of sp³-hybridized carbons (Fsp3) is 0.278. The van der Waals surface area contributed by atoms with Gasteiger partial charge in [0.2, 0.25) is 0 Å². The van der Waals surface area contributed by atoms with Crippen LogP contribution in [0.3, 0.4) is 0 Å². The lowest BCUT2D eigenvalue weighted by molar-refractivity contribution is 0.0924. The predicted octanol–water partition coefficient (Wildman–Crippen LogP) is 3.30. The van der Waals surface area contributed by atoms with Gasteiger partial charge >= 0.3 is 0 Å². The third kappa shape index (κ3) is 2.64. The highest BCUT2D eigenvalue weighted by molar-refractivity contribution is 5.99. The van der Waals surface area contributed by atoms with E-state index in [2.05, 4.69) is 12.1 Å². The summed E-state index contributed by atoms with van der Waals surface area (Å²) < 4.78 is 10.5. The van der Waals surface area contributed by atoms with E-state index in [-0.39, 0.29) is 11.7 Å². The number of carbonyl (C=O) groups is 1. The first-order valence-electron chi connectivity index (χ1n) is 7.05. The van der Waals surface area contributed by atoms with E-state index in [1.807, 2.05) is 12.1 Å². The summed E-state index contributed by atoms with van der Waals surface area (Å²) in [5.41, 5.74) is 3.22. The zero-order valence-corrected chi connectivity index (χ0v) is 12.3. The Morgan fingerprint density at radius 3 is 1.95 bits per heavy atom. The Kier molecular flexibility index (Phi) is 3.65. The molecule has 1 aliphatic rings. The van der Waals surface area contributed by atoms with Crippen LogP contribution in [0.1, 0.15) is 21.5 Å². The molecular formula is C18H18O3. The second kappa shape index (κ2) is 5.60. The lowest BCUT2D eigenvalue weighted by Gasteiger charge is -2.11. The van der Waals surface area contributed by atoms with Gasteiger partial charge in [-0.2, -0.15) is 0 Å². The van der Waals surface area contributed by atoms with Gasteiger partial charge in [0.15, 0.2) is 5.78 Å².